The highest BCUT2D eigenvalue weighted by molar-refractivity contribution is 5.99. The van der Waals surface area contributed by atoms with Gasteiger partial charge < -0.3 is 19.7 Å². The van der Waals surface area contributed by atoms with E-state index in [0.29, 0.717) is 28.2 Å². The van der Waals surface area contributed by atoms with Crippen LogP contribution in [0.15, 0.2) is 97.1 Å². The van der Waals surface area contributed by atoms with Crippen molar-refractivity contribution in [2.45, 2.75) is 186 Å². The van der Waals surface area contributed by atoms with Crippen LogP contribution in [0.4, 0.5) is 0 Å². The summed E-state index contributed by atoms with van der Waals surface area (Å²) in [5, 5.41) is 20.8. The number of rotatable bonds is 30. The molecule has 2 aliphatic rings. The van der Waals surface area contributed by atoms with Gasteiger partial charge in [-0.25, -0.2) is 4.79 Å². The Bertz CT molecular complexity index is 1850. The van der Waals surface area contributed by atoms with E-state index in [9.17, 15) is 15.0 Å². The number of hydrogen-bond acceptors (Lipinski definition) is 5. The molecule has 0 aromatic heterocycles. The average molecular weight is 829 g/mol. The first-order valence-corrected chi connectivity index (χ1v) is 24.3. The van der Waals surface area contributed by atoms with Crippen LogP contribution in [0.1, 0.15) is 206 Å². The second-order valence-corrected chi connectivity index (χ2v) is 17.3. The number of fused-ring (bicyclic) bond motifs is 6. The molecule has 5 nitrogen and oxygen atoms in total. The molecule has 5 rings (SSSR count). The standard InChI is InChI=1S/C56H76O5/c1-3-5-7-9-11-13-15-17-19-21-23-25-27-29-31-33-35-45-37-40-51-54(48(45)36-34-32-30-28-26-24-22-20-18-16-14-12-10-8-6-4-2)55(59)61-56(51)49-41-38-46(57)43-52(49)60-53-44-47(58)39-42-50(53)56/h11-14,17-20,37-44,57-58H,3-10,15-16,21-36H2,1-2H3. The fraction of sp³-hybridized carbons (Fsp3) is 0.518. The number of phenolic OH excluding ortho intramolecular Hbond substituents is 2. The van der Waals surface area contributed by atoms with Crippen molar-refractivity contribution in [2.24, 2.45) is 0 Å². The first kappa shape index (κ1) is 47.5. The van der Waals surface area contributed by atoms with Crippen LogP contribution in [0, 0.1) is 0 Å². The average Bonchev–Trinajstić information content (AvgIpc) is 3.55. The smallest absolute Gasteiger partial charge is 0.340 e. The van der Waals surface area contributed by atoms with Gasteiger partial charge in [-0.1, -0.05) is 152 Å². The molecule has 0 bridgehead atoms. The number of aryl methyl sites for hydroxylation is 1. The number of carbonyl (C=O) groups excluding carboxylic acids is 1. The summed E-state index contributed by atoms with van der Waals surface area (Å²) in [6.45, 7) is 4.50. The lowest BCUT2D eigenvalue weighted by atomic mass is 9.76. The summed E-state index contributed by atoms with van der Waals surface area (Å²) in [7, 11) is 0. The maximum atomic E-state index is 14.3. The first-order chi connectivity index (χ1) is 30.0. The van der Waals surface area contributed by atoms with E-state index in [4.69, 9.17) is 9.47 Å². The van der Waals surface area contributed by atoms with E-state index in [1.807, 2.05) is 0 Å². The van der Waals surface area contributed by atoms with Crippen LogP contribution < -0.4 is 4.74 Å². The van der Waals surface area contributed by atoms with E-state index in [-0.39, 0.29) is 17.5 Å². The third-order valence-corrected chi connectivity index (χ3v) is 12.4. The Labute approximate surface area is 369 Å². The molecule has 0 amide bonds. The molecule has 61 heavy (non-hydrogen) atoms. The number of phenols is 2. The number of hydrogen-bond donors (Lipinski definition) is 2. The SMILES string of the molecule is CCCCCC=CCC=CCCCCCCCCc1ccc2c(c1CCCCCCCCC=CCC=CCCCCC)C(=O)OC21c2ccc(O)cc2Oc2cc(O)ccc21. The second kappa shape index (κ2) is 26.7. The summed E-state index contributed by atoms with van der Waals surface area (Å²) < 4.78 is 12.8. The summed E-state index contributed by atoms with van der Waals surface area (Å²) in [5.74, 6) is 0.628. The van der Waals surface area contributed by atoms with E-state index in [2.05, 4.69) is 74.6 Å². The van der Waals surface area contributed by atoms with E-state index in [0.717, 1.165) is 68.9 Å². The molecule has 0 fully saturated rings. The zero-order chi connectivity index (χ0) is 43.0. The van der Waals surface area contributed by atoms with Crippen molar-refractivity contribution in [3.63, 3.8) is 0 Å². The van der Waals surface area contributed by atoms with Gasteiger partial charge in [-0.2, -0.15) is 0 Å². The van der Waals surface area contributed by atoms with Crippen LogP contribution in [-0.2, 0) is 23.2 Å². The third-order valence-electron chi connectivity index (χ3n) is 12.4. The lowest BCUT2D eigenvalue weighted by Crippen LogP contribution is -2.32. The van der Waals surface area contributed by atoms with Crippen molar-refractivity contribution in [3.8, 4) is 23.0 Å². The molecular weight excluding hydrogens is 753 g/mol. The number of esters is 1. The van der Waals surface area contributed by atoms with Crippen molar-refractivity contribution < 1.29 is 24.5 Å². The summed E-state index contributed by atoms with van der Waals surface area (Å²) in [6.07, 6.45) is 49.3. The minimum absolute atomic E-state index is 0.0591. The van der Waals surface area contributed by atoms with E-state index >= 15 is 0 Å². The Morgan fingerprint density at radius 3 is 1.41 bits per heavy atom. The van der Waals surface area contributed by atoms with Crippen molar-refractivity contribution in [3.05, 3.63) is 131 Å². The molecule has 1 spiro atoms. The first-order valence-electron chi connectivity index (χ1n) is 24.3. The van der Waals surface area contributed by atoms with Gasteiger partial charge in [0.15, 0.2) is 5.60 Å². The lowest BCUT2D eigenvalue weighted by Gasteiger charge is -2.36. The number of unbranched alkanes of at least 4 members (excludes halogenated alkanes) is 18. The Morgan fingerprint density at radius 1 is 0.492 bits per heavy atom. The van der Waals surface area contributed by atoms with E-state index < -0.39 is 5.60 Å². The molecule has 0 unspecified atom stereocenters. The van der Waals surface area contributed by atoms with E-state index in [1.165, 1.54) is 115 Å². The maximum absolute atomic E-state index is 14.3. The Hall–Kier alpha value is -4.51. The van der Waals surface area contributed by atoms with Crippen LogP contribution in [0.2, 0.25) is 0 Å². The minimum Gasteiger partial charge on any atom is -0.508 e. The maximum Gasteiger partial charge on any atom is 0.340 e. The normalized spacial score (nSPS) is 14.1. The number of allylic oxidation sites excluding steroid dienone is 8. The molecule has 3 aromatic rings. The monoisotopic (exact) mass is 829 g/mol. The van der Waals surface area contributed by atoms with Crippen molar-refractivity contribution in [1.82, 2.24) is 0 Å². The summed E-state index contributed by atoms with van der Waals surface area (Å²) in [5.41, 5.74) is 3.99. The largest absolute Gasteiger partial charge is 0.508 e. The Balaban J connectivity index is 1.18. The number of carbonyl (C=O) groups is 1. The molecule has 5 heteroatoms. The fourth-order valence-electron chi connectivity index (χ4n) is 9.01. The number of ether oxygens (including phenoxy) is 2. The van der Waals surface area contributed by atoms with Gasteiger partial charge in [0.1, 0.15) is 23.0 Å². The lowest BCUT2D eigenvalue weighted by molar-refractivity contribution is 0.0223. The fourth-order valence-corrected chi connectivity index (χ4v) is 9.01. The predicted molar refractivity (Wildman–Crippen MR) is 254 cm³/mol. The van der Waals surface area contributed by atoms with Gasteiger partial charge in [0.25, 0.3) is 0 Å². The van der Waals surface area contributed by atoms with Crippen LogP contribution in [0.5, 0.6) is 23.0 Å². The number of benzene rings is 3. The van der Waals surface area contributed by atoms with Crippen LogP contribution >= 0.6 is 0 Å². The quantitative estimate of drug-likeness (QED) is 0.0398. The van der Waals surface area contributed by atoms with Crippen molar-refractivity contribution in [2.75, 3.05) is 0 Å². The molecule has 2 N–H and O–H groups in total. The Morgan fingerprint density at radius 2 is 0.918 bits per heavy atom. The second-order valence-electron chi connectivity index (χ2n) is 17.3. The number of aromatic hydroxyl groups is 2. The van der Waals surface area contributed by atoms with Gasteiger partial charge in [0.05, 0.1) is 5.56 Å². The molecule has 2 aliphatic heterocycles. The Kier molecular flexibility index (Phi) is 20.8. The van der Waals surface area contributed by atoms with Crippen molar-refractivity contribution in [1.29, 1.82) is 0 Å². The summed E-state index contributed by atoms with van der Waals surface area (Å²) in [4.78, 5) is 14.3. The highest BCUT2D eigenvalue weighted by atomic mass is 16.6. The molecule has 0 saturated carbocycles. The molecule has 0 atom stereocenters. The van der Waals surface area contributed by atoms with Gasteiger partial charge in [-0.05, 0) is 125 Å². The molecule has 0 saturated heterocycles. The van der Waals surface area contributed by atoms with Gasteiger partial charge in [-0.3, -0.25) is 0 Å². The predicted octanol–water partition coefficient (Wildman–Crippen LogP) is 16.4. The van der Waals surface area contributed by atoms with Gasteiger partial charge in [0, 0.05) is 28.8 Å². The molecule has 0 radical (unpaired) electrons. The van der Waals surface area contributed by atoms with E-state index in [1.54, 1.807) is 36.4 Å². The highest BCUT2D eigenvalue weighted by Gasteiger charge is 2.54. The van der Waals surface area contributed by atoms with Crippen LogP contribution in [0.25, 0.3) is 0 Å². The molecule has 2 heterocycles. The molecule has 0 aliphatic carbocycles. The topological polar surface area (TPSA) is 76.0 Å². The summed E-state index contributed by atoms with van der Waals surface area (Å²) in [6, 6.07) is 14.3. The molecule has 330 valence electrons. The summed E-state index contributed by atoms with van der Waals surface area (Å²) >= 11 is 0. The third kappa shape index (κ3) is 14.3. The van der Waals surface area contributed by atoms with Crippen molar-refractivity contribution >= 4 is 5.97 Å². The zero-order valence-corrected chi connectivity index (χ0v) is 37.7. The van der Waals surface area contributed by atoms with Gasteiger partial charge >= 0.3 is 5.97 Å². The van der Waals surface area contributed by atoms with Crippen LogP contribution in [0.3, 0.4) is 0 Å². The molecular formula is C56H76O5. The molecule has 3 aromatic carbocycles. The van der Waals surface area contributed by atoms with Gasteiger partial charge in [-0.15, -0.1) is 0 Å². The minimum atomic E-state index is -1.23. The van der Waals surface area contributed by atoms with Crippen LogP contribution in [-0.4, -0.2) is 16.2 Å². The zero-order valence-electron chi connectivity index (χ0n) is 37.7. The van der Waals surface area contributed by atoms with Gasteiger partial charge in [0.2, 0.25) is 0 Å². The highest BCUT2D eigenvalue weighted by Crippen LogP contribution is 2.57.